The number of fused-ring (bicyclic) bond motifs is 1. The number of hydrogen-bond donors (Lipinski definition) is 0. The topological polar surface area (TPSA) is 86.5 Å². The molecule has 2 aliphatic heterocycles. The third kappa shape index (κ3) is 4.45. The van der Waals surface area contributed by atoms with Gasteiger partial charge in [-0.15, -0.1) is 10.2 Å². The molecule has 0 spiro atoms. The van der Waals surface area contributed by atoms with Crippen LogP contribution in [0.25, 0.3) is 11.4 Å². The van der Waals surface area contributed by atoms with Crippen molar-refractivity contribution in [2.45, 2.75) is 37.1 Å². The Labute approximate surface area is 202 Å². The molecule has 0 radical (unpaired) electrons. The summed E-state index contributed by atoms with van der Waals surface area (Å²) in [7, 11) is 3.39. The van der Waals surface area contributed by atoms with Crippen LogP contribution in [0.15, 0.2) is 47.6 Å². The molecule has 34 heavy (non-hydrogen) atoms. The van der Waals surface area contributed by atoms with Crippen molar-refractivity contribution < 1.29 is 19.1 Å². The molecule has 1 saturated heterocycles. The zero-order chi connectivity index (χ0) is 23.7. The number of aromatic nitrogens is 3. The molecule has 3 aromatic rings. The monoisotopic (exact) mass is 478 g/mol. The van der Waals surface area contributed by atoms with Gasteiger partial charge in [0.1, 0.15) is 5.75 Å². The molecule has 0 unspecified atom stereocenters. The standard InChI is InChI=1S/C25H26N4O4S/c1-28-21-10-7-17(12-18(21)13-23(28)31)22(30)15-34-25-27-26-24(16-5-8-19(32-2)9-6-16)29(25)14-20-4-3-11-33-20/h5-10,12,20H,3-4,11,13-15H2,1-2H3/t20-/m0/s1. The zero-order valence-electron chi connectivity index (χ0n) is 19.2. The number of thioether (sulfide) groups is 1. The summed E-state index contributed by atoms with van der Waals surface area (Å²) in [5.41, 5.74) is 3.30. The van der Waals surface area contributed by atoms with E-state index in [-0.39, 0.29) is 23.5 Å². The van der Waals surface area contributed by atoms with Gasteiger partial charge in [0.15, 0.2) is 16.8 Å². The van der Waals surface area contributed by atoms with Crippen LogP contribution < -0.4 is 9.64 Å². The zero-order valence-corrected chi connectivity index (χ0v) is 20.0. The summed E-state index contributed by atoms with van der Waals surface area (Å²) in [4.78, 5) is 26.6. The molecular weight excluding hydrogens is 452 g/mol. The second-order valence-corrected chi connectivity index (χ2v) is 9.41. The second kappa shape index (κ2) is 9.60. The van der Waals surface area contributed by atoms with Gasteiger partial charge in [0.25, 0.3) is 0 Å². The number of Topliss-reactive ketones (excluding diaryl/α,β-unsaturated/α-hetero) is 1. The van der Waals surface area contributed by atoms with Crippen LogP contribution in [-0.4, -0.2) is 59.1 Å². The van der Waals surface area contributed by atoms with Crippen LogP contribution in [0, 0.1) is 0 Å². The number of rotatable bonds is 8. The third-order valence-corrected chi connectivity index (χ3v) is 7.25. The highest BCUT2D eigenvalue weighted by Gasteiger charge is 2.26. The summed E-state index contributed by atoms with van der Waals surface area (Å²) >= 11 is 1.37. The lowest BCUT2D eigenvalue weighted by Gasteiger charge is -2.15. The van der Waals surface area contributed by atoms with Crippen molar-refractivity contribution in [1.82, 2.24) is 14.8 Å². The maximum atomic E-state index is 13.0. The molecular formula is C25H26N4O4S. The SMILES string of the molecule is COc1ccc(-c2nnc(SCC(=O)c3ccc4c(c3)CC(=O)N4C)n2C[C@@H]2CCCO2)cc1. The van der Waals surface area contributed by atoms with Gasteiger partial charge in [-0.1, -0.05) is 11.8 Å². The molecule has 0 aliphatic carbocycles. The molecule has 1 fully saturated rings. The van der Waals surface area contributed by atoms with E-state index in [0.29, 0.717) is 23.7 Å². The van der Waals surface area contributed by atoms with Crippen molar-refractivity contribution in [3.63, 3.8) is 0 Å². The first-order chi connectivity index (χ1) is 16.5. The van der Waals surface area contributed by atoms with Crippen LogP contribution in [0.1, 0.15) is 28.8 Å². The summed E-state index contributed by atoms with van der Waals surface area (Å²) in [6, 6.07) is 13.2. The van der Waals surface area contributed by atoms with Crippen LogP contribution in [0.2, 0.25) is 0 Å². The Morgan fingerprint density at radius 2 is 2.03 bits per heavy atom. The number of nitrogens with zero attached hydrogens (tertiary/aromatic N) is 4. The van der Waals surface area contributed by atoms with Crippen LogP contribution in [0.3, 0.4) is 0 Å². The average Bonchev–Trinajstić information content (AvgIpc) is 3.58. The molecule has 1 aromatic heterocycles. The van der Waals surface area contributed by atoms with Crippen LogP contribution in [0.5, 0.6) is 5.75 Å². The fraction of sp³-hybridized carbons (Fsp3) is 0.360. The number of anilines is 1. The van der Waals surface area contributed by atoms with E-state index >= 15 is 0 Å². The van der Waals surface area contributed by atoms with Crippen molar-refractivity contribution in [1.29, 1.82) is 0 Å². The fourth-order valence-electron chi connectivity index (χ4n) is 4.36. The molecule has 0 saturated carbocycles. The minimum atomic E-state index is -0.00698. The number of ether oxygens (including phenoxy) is 2. The van der Waals surface area contributed by atoms with Crippen molar-refractivity contribution in [2.24, 2.45) is 0 Å². The molecule has 9 heteroatoms. The minimum absolute atomic E-state index is 0.00698. The Morgan fingerprint density at radius 1 is 1.21 bits per heavy atom. The predicted octanol–water partition coefficient (Wildman–Crippen LogP) is 3.63. The Balaban J connectivity index is 1.35. The normalized spacial score (nSPS) is 17.3. The summed E-state index contributed by atoms with van der Waals surface area (Å²) in [6.45, 7) is 1.40. The van der Waals surface area contributed by atoms with Gasteiger partial charge in [-0.2, -0.15) is 0 Å². The van der Waals surface area contributed by atoms with Crippen LogP contribution in [0.4, 0.5) is 5.69 Å². The van der Waals surface area contributed by atoms with E-state index in [2.05, 4.69) is 10.2 Å². The van der Waals surface area contributed by atoms with E-state index in [1.807, 2.05) is 41.0 Å². The number of ketones is 1. The van der Waals surface area contributed by atoms with E-state index in [0.717, 1.165) is 47.8 Å². The summed E-state index contributed by atoms with van der Waals surface area (Å²) in [6.07, 6.45) is 2.48. The number of methoxy groups -OCH3 is 1. The van der Waals surface area contributed by atoms with Gasteiger partial charge in [-0.3, -0.25) is 14.2 Å². The number of likely N-dealkylation sites (N-methyl/N-ethyl adjacent to an activating group) is 1. The van der Waals surface area contributed by atoms with Crippen molar-refractivity contribution in [2.75, 3.05) is 31.4 Å². The van der Waals surface area contributed by atoms with Gasteiger partial charge >= 0.3 is 0 Å². The number of benzene rings is 2. The predicted molar refractivity (Wildman–Crippen MR) is 130 cm³/mol. The highest BCUT2D eigenvalue weighted by atomic mass is 32.2. The molecule has 2 aliphatic rings. The lowest BCUT2D eigenvalue weighted by atomic mass is 10.1. The molecule has 5 rings (SSSR count). The molecule has 0 N–H and O–H groups in total. The first-order valence-corrected chi connectivity index (χ1v) is 12.3. The maximum absolute atomic E-state index is 13.0. The molecule has 1 amide bonds. The van der Waals surface area contributed by atoms with Crippen LogP contribution >= 0.6 is 11.8 Å². The Hall–Kier alpha value is -3.17. The van der Waals surface area contributed by atoms with Gasteiger partial charge in [0.2, 0.25) is 5.91 Å². The van der Waals surface area contributed by atoms with E-state index in [9.17, 15) is 9.59 Å². The lowest BCUT2D eigenvalue weighted by molar-refractivity contribution is -0.117. The minimum Gasteiger partial charge on any atom is -0.497 e. The number of carbonyl (C=O) groups is 2. The van der Waals surface area contributed by atoms with Crippen LogP contribution in [-0.2, 0) is 22.5 Å². The highest BCUT2D eigenvalue weighted by Crippen LogP contribution is 2.30. The first kappa shape index (κ1) is 22.6. The van der Waals surface area contributed by atoms with Gasteiger partial charge in [0, 0.05) is 30.5 Å². The molecule has 3 heterocycles. The average molecular weight is 479 g/mol. The Bertz CT molecular complexity index is 1220. The fourth-order valence-corrected chi connectivity index (χ4v) is 5.20. The van der Waals surface area contributed by atoms with Gasteiger partial charge < -0.3 is 14.4 Å². The van der Waals surface area contributed by atoms with E-state index < -0.39 is 0 Å². The summed E-state index contributed by atoms with van der Waals surface area (Å²) in [5.74, 6) is 1.78. The van der Waals surface area contributed by atoms with E-state index in [1.165, 1.54) is 11.8 Å². The summed E-state index contributed by atoms with van der Waals surface area (Å²) < 4.78 is 13.2. The Kier molecular flexibility index (Phi) is 6.38. The molecule has 8 nitrogen and oxygen atoms in total. The quantitative estimate of drug-likeness (QED) is 0.361. The second-order valence-electron chi connectivity index (χ2n) is 8.47. The third-order valence-electron chi connectivity index (χ3n) is 6.29. The van der Waals surface area contributed by atoms with Gasteiger partial charge in [-0.25, -0.2) is 0 Å². The van der Waals surface area contributed by atoms with Crippen molar-refractivity contribution in [3.05, 3.63) is 53.6 Å². The van der Waals surface area contributed by atoms with E-state index in [1.54, 1.807) is 25.1 Å². The van der Waals surface area contributed by atoms with Crippen molar-refractivity contribution in [3.8, 4) is 17.1 Å². The smallest absolute Gasteiger partial charge is 0.231 e. The number of hydrogen-bond acceptors (Lipinski definition) is 7. The van der Waals surface area contributed by atoms with Gasteiger partial charge in [-0.05, 0) is 60.9 Å². The van der Waals surface area contributed by atoms with Crippen molar-refractivity contribution >= 4 is 29.1 Å². The molecule has 176 valence electrons. The highest BCUT2D eigenvalue weighted by molar-refractivity contribution is 7.99. The Morgan fingerprint density at radius 3 is 2.76 bits per heavy atom. The maximum Gasteiger partial charge on any atom is 0.231 e. The lowest BCUT2D eigenvalue weighted by Crippen LogP contribution is -2.20. The molecule has 0 bridgehead atoms. The molecule has 1 atom stereocenters. The number of carbonyl (C=O) groups excluding carboxylic acids is 2. The number of amides is 1. The van der Waals surface area contributed by atoms with Gasteiger partial charge in [0.05, 0.1) is 31.9 Å². The largest absolute Gasteiger partial charge is 0.497 e. The summed E-state index contributed by atoms with van der Waals surface area (Å²) in [5, 5.41) is 9.53. The first-order valence-electron chi connectivity index (χ1n) is 11.3. The van der Waals surface area contributed by atoms with E-state index in [4.69, 9.17) is 9.47 Å². The molecule has 2 aromatic carbocycles.